The summed E-state index contributed by atoms with van der Waals surface area (Å²) in [6.07, 6.45) is 4.26. The SMILES string of the molecule is Cc1cc2c(cc1C)C(=O)N(CCCN(C)CCCc1ccc3ccccc3c1)CC2. The minimum absolute atomic E-state index is 0.211. The lowest BCUT2D eigenvalue weighted by Gasteiger charge is -2.30. The molecule has 1 heterocycles. The number of carbonyl (C=O) groups excluding carboxylic acids is 1. The van der Waals surface area contributed by atoms with E-state index in [9.17, 15) is 4.79 Å². The first kappa shape index (κ1) is 21.6. The molecule has 0 aliphatic carbocycles. The molecule has 0 bridgehead atoms. The Labute approximate surface area is 186 Å². The Morgan fingerprint density at radius 3 is 2.48 bits per heavy atom. The number of rotatable bonds is 8. The molecule has 31 heavy (non-hydrogen) atoms. The molecule has 0 unspecified atom stereocenters. The first-order valence-corrected chi connectivity index (χ1v) is 11.6. The number of carbonyl (C=O) groups is 1. The molecule has 1 aliphatic heterocycles. The third-order valence-electron chi connectivity index (χ3n) is 6.68. The number of hydrogen-bond donors (Lipinski definition) is 0. The zero-order valence-electron chi connectivity index (χ0n) is 19.2. The van der Waals surface area contributed by atoms with E-state index in [1.165, 1.54) is 33.0 Å². The average Bonchev–Trinajstić information content (AvgIpc) is 2.77. The van der Waals surface area contributed by atoms with Gasteiger partial charge in [-0.15, -0.1) is 0 Å². The van der Waals surface area contributed by atoms with Crippen LogP contribution in [0.5, 0.6) is 0 Å². The van der Waals surface area contributed by atoms with Crippen LogP contribution in [0.4, 0.5) is 0 Å². The quantitative estimate of drug-likeness (QED) is 0.492. The molecule has 162 valence electrons. The fourth-order valence-electron chi connectivity index (χ4n) is 4.61. The highest BCUT2D eigenvalue weighted by Crippen LogP contribution is 2.23. The molecule has 1 aliphatic rings. The maximum Gasteiger partial charge on any atom is 0.254 e. The Bertz CT molecular complexity index is 1070. The van der Waals surface area contributed by atoms with Crippen molar-refractivity contribution in [3.05, 3.63) is 82.4 Å². The van der Waals surface area contributed by atoms with Crippen LogP contribution in [-0.2, 0) is 12.8 Å². The van der Waals surface area contributed by atoms with Gasteiger partial charge in [-0.2, -0.15) is 0 Å². The van der Waals surface area contributed by atoms with Gasteiger partial charge in [0.1, 0.15) is 0 Å². The van der Waals surface area contributed by atoms with E-state index in [0.29, 0.717) is 0 Å². The van der Waals surface area contributed by atoms with Gasteiger partial charge in [0.2, 0.25) is 0 Å². The predicted molar refractivity (Wildman–Crippen MR) is 130 cm³/mol. The van der Waals surface area contributed by atoms with E-state index in [1.807, 2.05) is 4.90 Å². The van der Waals surface area contributed by atoms with Gasteiger partial charge in [-0.1, -0.05) is 48.5 Å². The minimum Gasteiger partial charge on any atom is -0.338 e. The van der Waals surface area contributed by atoms with E-state index in [-0.39, 0.29) is 5.91 Å². The minimum atomic E-state index is 0.211. The third-order valence-corrected chi connectivity index (χ3v) is 6.68. The number of fused-ring (bicyclic) bond motifs is 2. The third kappa shape index (κ3) is 5.16. The maximum atomic E-state index is 12.9. The van der Waals surface area contributed by atoms with Gasteiger partial charge in [0.05, 0.1) is 0 Å². The molecule has 0 saturated heterocycles. The second kappa shape index (κ2) is 9.65. The molecule has 3 heteroatoms. The van der Waals surface area contributed by atoms with Crippen molar-refractivity contribution < 1.29 is 4.79 Å². The van der Waals surface area contributed by atoms with Crippen molar-refractivity contribution in [2.45, 2.75) is 39.5 Å². The Morgan fingerprint density at radius 1 is 0.903 bits per heavy atom. The van der Waals surface area contributed by atoms with Crippen LogP contribution in [0.15, 0.2) is 54.6 Å². The molecule has 0 N–H and O–H groups in total. The van der Waals surface area contributed by atoms with Gasteiger partial charge in [0.15, 0.2) is 0 Å². The first-order valence-electron chi connectivity index (χ1n) is 11.6. The van der Waals surface area contributed by atoms with E-state index in [4.69, 9.17) is 0 Å². The number of hydrogen-bond acceptors (Lipinski definition) is 2. The smallest absolute Gasteiger partial charge is 0.254 e. The summed E-state index contributed by atoms with van der Waals surface area (Å²) in [5.74, 6) is 0.211. The molecule has 0 fully saturated rings. The van der Waals surface area contributed by atoms with Crippen molar-refractivity contribution in [2.24, 2.45) is 0 Å². The largest absolute Gasteiger partial charge is 0.338 e. The summed E-state index contributed by atoms with van der Waals surface area (Å²) in [5.41, 5.74) is 6.04. The van der Waals surface area contributed by atoms with Crippen LogP contribution in [0.3, 0.4) is 0 Å². The van der Waals surface area contributed by atoms with Crippen LogP contribution in [0.1, 0.15) is 45.5 Å². The Balaban J connectivity index is 1.20. The molecule has 0 radical (unpaired) electrons. The van der Waals surface area contributed by atoms with E-state index in [0.717, 1.165) is 57.4 Å². The second-order valence-electron chi connectivity index (χ2n) is 9.08. The van der Waals surface area contributed by atoms with Gasteiger partial charge < -0.3 is 9.80 Å². The Kier molecular flexibility index (Phi) is 6.72. The van der Waals surface area contributed by atoms with Gasteiger partial charge in [-0.3, -0.25) is 4.79 Å². The fraction of sp³-hybridized carbons (Fsp3) is 0.393. The topological polar surface area (TPSA) is 23.6 Å². The molecular weight excluding hydrogens is 380 g/mol. The summed E-state index contributed by atoms with van der Waals surface area (Å²) in [4.78, 5) is 17.3. The summed E-state index contributed by atoms with van der Waals surface area (Å²) in [5, 5.41) is 2.63. The maximum absolute atomic E-state index is 12.9. The molecule has 0 saturated carbocycles. The van der Waals surface area contributed by atoms with Gasteiger partial charge in [0, 0.05) is 18.7 Å². The summed E-state index contributed by atoms with van der Waals surface area (Å²) in [6.45, 7) is 8.03. The molecular formula is C28H34N2O. The zero-order valence-corrected chi connectivity index (χ0v) is 19.2. The highest BCUT2D eigenvalue weighted by atomic mass is 16.2. The molecule has 1 amide bonds. The van der Waals surface area contributed by atoms with Crippen LogP contribution in [0, 0.1) is 13.8 Å². The van der Waals surface area contributed by atoms with Crippen LogP contribution in [0.2, 0.25) is 0 Å². The summed E-state index contributed by atoms with van der Waals surface area (Å²) in [7, 11) is 2.19. The monoisotopic (exact) mass is 414 g/mol. The normalized spacial score (nSPS) is 13.8. The van der Waals surface area contributed by atoms with Gasteiger partial charge in [-0.05, 0) is 98.8 Å². The number of aryl methyl sites for hydroxylation is 3. The second-order valence-corrected chi connectivity index (χ2v) is 9.08. The van der Waals surface area contributed by atoms with Crippen molar-refractivity contribution in [2.75, 3.05) is 33.2 Å². The number of benzene rings is 3. The fourth-order valence-corrected chi connectivity index (χ4v) is 4.61. The zero-order chi connectivity index (χ0) is 21.8. The molecule has 3 aromatic carbocycles. The van der Waals surface area contributed by atoms with Gasteiger partial charge in [0.25, 0.3) is 5.91 Å². The molecule has 3 aromatic rings. The van der Waals surface area contributed by atoms with Crippen LogP contribution >= 0.6 is 0 Å². The number of amides is 1. The van der Waals surface area contributed by atoms with Crippen LogP contribution < -0.4 is 0 Å². The van der Waals surface area contributed by atoms with Gasteiger partial charge in [-0.25, -0.2) is 0 Å². The first-order chi connectivity index (χ1) is 15.0. The van der Waals surface area contributed by atoms with Crippen molar-refractivity contribution in [1.29, 1.82) is 0 Å². The van der Waals surface area contributed by atoms with Crippen LogP contribution in [0.25, 0.3) is 10.8 Å². The Hall–Kier alpha value is -2.65. The molecule has 3 nitrogen and oxygen atoms in total. The van der Waals surface area contributed by atoms with E-state index >= 15 is 0 Å². The standard InChI is InChI=1S/C28H34N2O/c1-21-18-26-13-17-30(28(31)27(26)19-22(21)2)16-7-15-29(3)14-6-8-23-11-12-24-9-4-5-10-25(24)20-23/h4-5,9-12,18-20H,6-8,13-17H2,1-3H3. The van der Waals surface area contributed by atoms with Crippen molar-refractivity contribution in [3.8, 4) is 0 Å². The lowest BCUT2D eigenvalue weighted by atomic mass is 9.94. The summed E-state index contributed by atoms with van der Waals surface area (Å²) >= 11 is 0. The molecule has 0 atom stereocenters. The van der Waals surface area contributed by atoms with Crippen molar-refractivity contribution in [1.82, 2.24) is 9.80 Å². The van der Waals surface area contributed by atoms with Crippen molar-refractivity contribution in [3.63, 3.8) is 0 Å². The molecule has 0 spiro atoms. The average molecular weight is 415 g/mol. The Morgan fingerprint density at radius 2 is 1.65 bits per heavy atom. The van der Waals surface area contributed by atoms with Crippen molar-refractivity contribution >= 4 is 16.7 Å². The lowest BCUT2D eigenvalue weighted by molar-refractivity contribution is 0.0733. The number of nitrogens with zero attached hydrogens (tertiary/aromatic N) is 2. The highest BCUT2D eigenvalue weighted by Gasteiger charge is 2.24. The molecule has 4 rings (SSSR count). The summed E-state index contributed by atoms with van der Waals surface area (Å²) < 4.78 is 0. The van der Waals surface area contributed by atoms with Gasteiger partial charge >= 0.3 is 0 Å². The molecule has 0 aromatic heterocycles. The van der Waals surface area contributed by atoms with E-state index < -0.39 is 0 Å². The van der Waals surface area contributed by atoms with E-state index in [2.05, 4.69) is 80.4 Å². The highest BCUT2D eigenvalue weighted by molar-refractivity contribution is 5.97. The lowest BCUT2D eigenvalue weighted by Crippen LogP contribution is -2.39. The predicted octanol–water partition coefficient (Wildman–Crippen LogP) is 5.41. The van der Waals surface area contributed by atoms with E-state index in [1.54, 1.807) is 0 Å². The van der Waals surface area contributed by atoms with Crippen LogP contribution in [-0.4, -0.2) is 48.9 Å². The summed E-state index contributed by atoms with van der Waals surface area (Å²) in [6, 6.07) is 19.6.